The molecule has 0 spiro atoms. The second-order valence-corrected chi connectivity index (χ2v) is 8.47. The minimum absolute atomic E-state index is 0.250. The van der Waals surface area contributed by atoms with Crippen LogP contribution in [0.1, 0.15) is 17.5 Å². The van der Waals surface area contributed by atoms with Gasteiger partial charge in [0, 0.05) is 22.7 Å². The van der Waals surface area contributed by atoms with E-state index in [4.69, 9.17) is 4.74 Å². The molecule has 2 aromatic rings. The maximum Gasteiger partial charge on any atom is 0.334 e. The summed E-state index contributed by atoms with van der Waals surface area (Å²) in [7, 11) is -3.26. The first-order valence-corrected chi connectivity index (χ1v) is 10.0. The second kappa shape index (κ2) is 6.53. The highest BCUT2D eigenvalue weighted by Gasteiger charge is 2.25. The zero-order valence-corrected chi connectivity index (χ0v) is 15.4. The van der Waals surface area contributed by atoms with Crippen LogP contribution in [0.5, 0.6) is 0 Å². The number of hydrogen-bond donors (Lipinski definition) is 0. The van der Waals surface area contributed by atoms with Crippen molar-refractivity contribution in [3.63, 3.8) is 0 Å². The molecule has 0 unspecified atom stereocenters. The van der Waals surface area contributed by atoms with E-state index in [0.717, 1.165) is 21.2 Å². The molecule has 3 rings (SSSR count). The van der Waals surface area contributed by atoms with Crippen molar-refractivity contribution in [2.75, 3.05) is 12.9 Å². The quantitative estimate of drug-likeness (QED) is 0.576. The number of sulfone groups is 1. The Morgan fingerprint density at radius 1 is 1.00 bits per heavy atom. The van der Waals surface area contributed by atoms with Crippen LogP contribution in [0.15, 0.2) is 63.5 Å². The van der Waals surface area contributed by atoms with E-state index in [-0.39, 0.29) is 10.9 Å². The number of esters is 1. The molecule has 1 heterocycles. The van der Waals surface area contributed by atoms with Crippen LogP contribution in [-0.4, -0.2) is 27.2 Å². The highest BCUT2D eigenvalue weighted by Crippen LogP contribution is 2.32. The molecule has 1 aliphatic heterocycles. The summed E-state index contributed by atoms with van der Waals surface area (Å²) in [5, 5.41) is 0. The Hall–Kier alpha value is -1.92. The summed E-state index contributed by atoms with van der Waals surface area (Å²) in [5.74, 6) is -0.319. The fourth-order valence-corrected chi connectivity index (χ4v) is 3.56. The van der Waals surface area contributed by atoms with Crippen LogP contribution in [0.3, 0.4) is 0 Å². The molecular weight excluding hydrogens is 392 g/mol. The van der Waals surface area contributed by atoms with Crippen molar-refractivity contribution < 1.29 is 17.9 Å². The summed E-state index contributed by atoms with van der Waals surface area (Å²) in [6.45, 7) is 0.371. The molecule has 1 saturated heterocycles. The van der Waals surface area contributed by atoms with E-state index in [1.165, 1.54) is 6.26 Å². The molecule has 0 saturated carbocycles. The van der Waals surface area contributed by atoms with Crippen molar-refractivity contribution in [3.05, 3.63) is 69.7 Å². The number of carbonyl (C=O) groups is 1. The SMILES string of the molecule is CS(=O)(=O)c1ccc(/C(=C2\CCOC2=O)c2ccc(Br)cc2)cc1. The van der Waals surface area contributed by atoms with Crippen LogP contribution in [0.25, 0.3) is 5.57 Å². The number of benzene rings is 2. The van der Waals surface area contributed by atoms with Crippen LogP contribution in [0.2, 0.25) is 0 Å². The normalized spacial score (nSPS) is 16.8. The first kappa shape index (κ1) is 16.9. The zero-order valence-electron chi connectivity index (χ0n) is 13.0. The van der Waals surface area contributed by atoms with Gasteiger partial charge in [-0.25, -0.2) is 13.2 Å². The van der Waals surface area contributed by atoms with Crippen molar-refractivity contribution in [2.24, 2.45) is 0 Å². The molecule has 0 aromatic heterocycles. The van der Waals surface area contributed by atoms with E-state index in [1.54, 1.807) is 24.3 Å². The molecule has 1 aliphatic rings. The lowest BCUT2D eigenvalue weighted by atomic mass is 9.92. The molecule has 0 aliphatic carbocycles. The molecule has 0 atom stereocenters. The minimum Gasteiger partial charge on any atom is -0.462 e. The van der Waals surface area contributed by atoms with Gasteiger partial charge in [-0.3, -0.25) is 0 Å². The Morgan fingerprint density at radius 3 is 2.00 bits per heavy atom. The Morgan fingerprint density at radius 2 is 1.54 bits per heavy atom. The Kier molecular flexibility index (Phi) is 4.60. The number of cyclic esters (lactones) is 1. The third-order valence-electron chi connectivity index (χ3n) is 3.84. The molecular formula is C18H15BrO4S. The van der Waals surface area contributed by atoms with E-state index in [9.17, 15) is 13.2 Å². The standard InChI is InChI=1S/C18H15BrO4S/c1-24(21,22)15-8-4-13(5-9-15)17(16-10-11-23-18(16)20)12-2-6-14(19)7-3-12/h2-9H,10-11H2,1H3/b17-16+. The lowest BCUT2D eigenvalue weighted by Crippen LogP contribution is -2.02. The molecule has 124 valence electrons. The molecule has 1 fully saturated rings. The van der Waals surface area contributed by atoms with E-state index in [1.807, 2.05) is 24.3 Å². The highest BCUT2D eigenvalue weighted by atomic mass is 79.9. The van der Waals surface area contributed by atoms with Gasteiger partial charge in [-0.05, 0) is 41.0 Å². The highest BCUT2D eigenvalue weighted by molar-refractivity contribution is 9.10. The van der Waals surface area contributed by atoms with Crippen LogP contribution in [-0.2, 0) is 19.4 Å². The van der Waals surface area contributed by atoms with Crippen LogP contribution >= 0.6 is 15.9 Å². The molecule has 0 bridgehead atoms. The Bertz CT molecular complexity index is 910. The third kappa shape index (κ3) is 3.44. The average molecular weight is 407 g/mol. The van der Waals surface area contributed by atoms with Gasteiger partial charge in [-0.1, -0.05) is 40.2 Å². The summed E-state index contributed by atoms with van der Waals surface area (Å²) < 4.78 is 29.3. The predicted molar refractivity (Wildman–Crippen MR) is 95.3 cm³/mol. The van der Waals surface area contributed by atoms with Gasteiger partial charge < -0.3 is 4.74 Å². The largest absolute Gasteiger partial charge is 0.462 e. The van der Waals surface area contributed by atoms with Crippen molar-refractivity contribution in [1.29, 1.82) is 0 Å². The number of carbonyl (C=O) groups excluding carboxylic acids is 1. The molecule has 0 radical (unpaired) electrons. The van der Waals surface area contributed by atoms with Crippen molar-refractivity contribution in [1.82, 2.24) is 0 Å². The summed E-state index contributed by atoms with van der Waals surface area (Å²) >= 11 is 3.40. The number of halogens is 1. The Labute approximate surface area is 149 Å². The zero-order chi connectivity index (χ0) is 17.3. The number of hydrogen-bond acceptors (Lipinski definition) is 4. The van der Waals surface area contributed by atoms with Gasteiger partial charge in [0.2, 0.25) is 0 Å². The van der Waals surface area contributed by atoms with Gasteiger partial charge in [-0.15, -0.1) is 0 Å². The number of ether oxygens (including phenoxy) is 1. The fourth-order valence-electron chi connectivity index (χ4n) is 2.66. The average Bonchev–Trinajstić information content (AvgIpc) is 2.95. The summed E-state index contributed by atoms with van der Waals surface area (Å²) in [6, 6.07) is 14.2. The van der Waals surface area contributed by atoms with Crippen LogP contribution in [0, 0.1) is 0 Å². The third-order valence-corrected chi connectivity index (χ3v) is 5.49. The first-order valence-electron chi connectivity index (χ1n) is 7.33. The van der Waals surface area contributed by atoms with Crippen molar-refractivity contribution >= 4 is 37.3 Å². The Balaban J connectivity index is 2.16. The maximum atomic E-state index is 12.1. The minimum atomic E-state index is -3.26. The molecule has 0 amide bonds. The summed E-state index contributed by atoms with van der Waals surface area (Å²) in [4.78, 5) is 12.3. The monoisotopic (exact) mass is 406 g/mol. The molecule has 6 heteroatoms. The van der Waals surface area contributed by atoms with Crippen molar-refractivity contribution in [2.45, 2.75) is 11.3 Å². The van der Waals surface area contributed by atoms with Gasteiger partial charge in [0.15, 0.2) is 9.84 Å². The van der Waals surface area contributed by atoms with E-state index in [2.05, 4.69) is 15.9 Å². The first-order chi connectivity index (χ1) is 11.4. The van der Waals surface area contributed by atoms with Crippen LogP contribution in [0.4, 0.5) is 0 Å². The van der Waals surface area contributed by atoms with Gasteiger partial charge in [0.05, 0.1) is 11.5 Å². The molecule has 4 nitrogen and oxygen atoms in total. The summed E-state index contributed by atoms with van der Waals surface area (Å²) in [5.41, 5.74) is 3.08. The lowest BCUT2D eigenvalue weighted by Gasteiger charge is -2.12. The van der Waals surface area contributed by atoms with E-state index < -0.39 is 9.84 Å². The van der Waals surface area contributed by atoms with Gasteiger partial charge in [0.1, 0.15) is 0 Å². The second-order valence-electron chi connectivity index (χ2n) is 5.54. The topological polar surface area (TPSA) is 60.4 Å². The van der Waals surface area contributed by atoms with Gasteiger partial charge in [-0.2, -0.15) is 0 Å². The lowest BCUT2D eigenvalue weighted by molar-refractivity contribution is -0.135. The van der Waals surface area contributed by atoms with E-state index in [0.29, 0.717) is 18.6 Å². The molecule has 24 heavy (non-hydrogen) atoms. The number of rotatable bonds is 3. The predicted octanol–water partition coefficient (Wildman–Crippen LogP) is 3.60. The van der Waals surface area contributed by atoms with Gasteiger partial charge >= 0.3 is 5.97 Å². The smallest absolute Gasteiger partial charge is 0.334 e. The molecule has 0 N–H and O–H groups in total. The molecule has 2 aromatic carbocycles. The van der Waals surface area contributed by atoms with Gasteiger partial charge in [0.25, 0.3) is 0 Å². The van der Waals surface area contributed by atoms with E-state index >= 15 is 0 Å². The van der Waals surface area contributed by atoms with Crippen molar-refractivity contribution in [3.8, 4) is 0 Å². The fraction of sp³-hybridized carbons (Fsp3) is 0.167. The summed E-state index contributed by atoms with van der Waals surface area (Å²) in [6.07, 6.45) is 1.71. The van der Waals surface area contributed by atoms with Crippen LogP contribution < -0.4 is 0 Å². The maximum absolute atomic E-state index is 12.1.